The van der Waals surface area contributed by atoms with Crippen LogP contribution in [0.5, 0.6) is 0 Å². The minimum atomic E-state index is -0.100. The lowest BCUT2D eigenvalue weighted by atomic mass is 9.80. The maximum atomic E-state index is 2.50. The SMILES string of the molecule is CC1(C)c2cc(-c3c4ccccc4c(-c4ccc(-c5ccccc5)cc4)c4ccccc34)ccc2-c2c1ccc1c2sc2ccccc21. The second-order valence-electron chi connectivity index (χ2n) is 13.6. The molecule has 0 spiro atoms. The molecule has 226 valence electrons. The highest BCUT2D eigenvalue weighted by atomic mass is 32.1. The summed E-state index contributed by atoms with van der Waals surface area (Å²) in [5, 5.41) is 7.88. The third kappa shape index (κ3) is 3.89. The zero-order valence-electron chi connectivity index (χ0n) is 26.9. The predicted octanol–water partition coefficient (Wildman–Crippen LogP) is 13.7. The Morgan fingerprint density at radius 1 is 0.375 bits per heavy atom. The van der Waals surface area contributed by atoms with Crippen molar-refractivity contribution in [2.75, 3.05) is 0 Å². The van der Waals surface area contributed by atoms with Crippen LogP contribution in [0.4, 0.5) is 0 Å². The summed E-state index contributed by atoms with van der Waals surface area (Å²) in [6.45, 7) is 4.80. The lowest BCUT2D eigenvalue weighted by Gasteiger charge is -2.23. The molecule has 0 unspecified atom stereocenters. The van der Waals surface area contributed by atoms with Crippen LogP contribution in [0.3, 0.4) is 0 Å². The average molecular weight is 629 g/mol. The van der Waals surface area contributed by atoms with Crippen molar-refractivity contribution < 1.29 is 0 Å². The van der Waals surface area contributed by atoms with Gasteiger partial charge in [0.1, 0.15) is 0 Å². The monoisotopic (exact) mass is 628 g/mol. The molecule has 0 aliphatic heterocycles. The van der Waals surface area contributed by atoms with Crippen LogP contribution in [-0.4, -0.2) is 0 Å². The minimum absolute atomic E-state index is 0.100. The van der Waals surface area contributed by atoms with Crippen molar-refractivity contribution in [3.8, 4) is 44.5 Å². The van der Waals surface area contributed by atoms with Crippen LogP contribution in [0, 0.1) is 0 Å². The van der Waals surface area contributed by atoms with Crippen LogP contribution in [0.1, 0.15) is 25.0 Å². The fourth-order valence-electron chi connectivity index (χ4n) is 8.37. The first-order valence-electron chi connectivity index (χ1n) is 16.8. The second kappa shape index (κ2) is 10.2. The highest BCUT2D eigenvalue weighted by molar-refractivity contribution is 7.26. The molecule has 1 heteroatoms. The van der Waals surface area contributed by atoms with Gasteiger partial charge in [-0.3, -0.25) is 0 Å². The zero-order valence-corrected chi connectivity index (χ0v) is 27.7. The van der Waals surface area contributed by atoms with Crippen LogP contribution >= 0.6 is 11.3 Å². The van der Waals surface area contributed by atoms with Crippen molar-refractivity contribution in [3.63, 3.8) is 0 Å². The van der Waals surface area contributed by atoms with Crippen molar-refractivity contribution >= 4 is 53.1 Å². The number of benzene rings is 8. The standard InChI is InChI=1S/C47H32S/c1-47(2)40-27-26-38-33-14-10-11-19-42(33)48-46(38)45(40)39-25-24-32(28-41(39)47)44-36-17-8-6-15-34(36)43(35-16-7-9-18-37(35)44)31-22-20-30(21-23-31)29-12-4-3-5-13-29/h3-28H,1-2H3. The Kier molecular flexibility index (Phi) is 5.89. The molecular formula is C47H32S. The van der Waals surface area contributed by atoms with Gasteiger partial charge in [-0.1, -0.05) is 159 Å². The van der Waals surface area contributed by atoms with Gasteiger partial charge in [-0.2, -0.15) is 0 Å². The number of rotatable bonds is 3. The van der Waals surface area contributed by atoms with E-state index in [9.17, 15) is 0 Å². The molecule has 1 aliphatic carbocycles. The van der Waals surface area contributed by atoms with Crippen molar-refractivity contribution in [2.45, 2.75) is 19.3 Å². The van der Waals surface area contributed by atoms with E-state index in [1.54, 1.807) is 0 Å². The van der Waals surface area contributed by atoms with Gasteiger partial charge >= 0.3 is 0 Å². The van der Waals surface area contributed by atoms with Gasteiger partial charge in [0.15, 0.2) is 0 Å². The molecule has 0 atom stereocenters. The first-order chi connectivity index (χ1) is 23.6. The molecule has 0 saturated heterocycles. The molecule has 0 nitrogen and oxygen atoms in total. The maximum Gasteiger partial charge on any atom is 0.0437 e. The van der Waals surface area contributed by atoms with E-state index in [0.717, 1.165) is 0 Å². The molecule has 10 rings (SSSR count). The normalized spacial score (nSPS) is 13.4. The summed E-state index contributed by atoms with van der Waals surface area (Å²) < 4.78 is 2.77. The molecule has 0 bridgehead atoms. The molecule has 0 fully saturated rings. The molecule has 1 heterocycles. The summed E-state index contributed by atoms with van der Waals surface area (Å²) in [4.78, 5) is 0. The third-order valence-electron chi connectivity index (χ3n) is 10.7. The smallest absolute Gasteiger partial charge is 0.0437 e. The van der Waals surface area contributed by atoms with Crippen molar-refractivity contribution in [2.24, 2.45) is 0 Å². The summed E-state index contributed by atoms with van der Waals surface area (Å²) >= 11 is 1.93. The Morgan fingerprint density at radius 2 is 0.896 bits per heavy atom. The van der Waals surface area contributed by atoms with Gasteiger partial charge in [-0.05, 0) is 83.7 Å². The third-order valence-corrected chi connectivity index (χ3v) is 11.9. The number of hydrogen-bond acceptors (Lipinski definition) is 1. The maximum absolute atomic E-state index is 2.50. The van der Waals surface area contributed by atoms with Crippen LogP contribution in [0.25, 0.3) is 86.2 Å². The van der Waals surface area contributed by atoms with Gasteiger partial charge in [-0.25, -0.2) is 0 Å². The van der Waals surface area contributed by atoms with E-state index in [1.165, 1.54) is 97.4 Å². The van der Waals surface area contributed by atoms with E-state index in [1.807, 2.05) is 11.3 Å². The van der Waals surface area contributed by atoms with Crippen LogP contribution in [0.15, 0.2) is 158 Å². The van der Waals surface area contributed by atoms with Crippen molar-refractivity contribution in [3.05, 3.63) is 169 Å². The average Bonchev–Trinajstić information content (AvgIpc) is 3.63. The Balaban J connectivity index is 1.19. The van der Waals surface area contributed by atoms with Gasteiger partial charge in [0.2, 0.25) is 0 Å². The van der Waals surface area contributed by atoms with Crippen LogP contribution in [0.2, 0.25) is 0 Å². The summed E-state index contributed by atoms with van der Waals surface area (Å²) in [5.74, 6) is 0. The number of hydrogen-bond donors (Lipinski definition) is 0. The molecule has 48 heavy (non-hydrogen) atoms. The predicted molar refractivity (Wildman–Crippen MR) is 208 cm³/mol. The summed E-state index contributed by atoms with van der Waals surface area (Å²) in [6.07, 6.45) is 0. The summed E-state index contributed by atoms with van der Waals surface area (Å²) in [7, 11) is 0. The molecule has 8 aromatic carbocycles. The van der Waals surface area contributed by atoms with Gasteiger partial charge in [0, 0.05) is 31.2 Å². The Morgan fingerprint density at radius 3 is 1.56 bits per heavy atom. The molecule has 0 N–H and O–H groups in total. The van der Waals surface area contributed by atoms with Crippen LogP contribution in [-0.2, 0) is 5.41 Å². The van der Waals surface area contributed by atoms with Crippen LogP contribution < -0.4 is 0 Å². The molecule has 0 amide bonds. The zero-order chi connectivity index (χ0) is 32.0. The number of fused-ring (bicyclic) bond motifs is 9. The molecule has 1 aromatic heterocycles. The highest BCUT2D eigenvalue weighted by Gasteiger charge is 2.37. The molecule has 0 radical (unpaired) electrons. The molecule has 1 aliphatic rings. The largest absolute Gasteiger partial charge is 0.135 e. The van der Waals surface area contributed by atoms with Gasteiger partial charge in [-0.15, -0.1) is 11.3 Å². The molecular weight excluding hydrogens is 597 g/mol. The topological polar surface area (TPSA) is 0 Å². The Hall–Kier alpha value is -5.50. The summed E-state index contributed by atoms with van der Waals surface area (Å²) in [6, 6.07) is 58.6. The Bertz CT molecular complexity index is 2670. The Labute approximate surface area is 284 Å². The molecule has 0 saturated carbocycles. The quantitative estimate of drug-likeness (QED) is 0.171. The highest BCUT2D eigenvalue weighted by Crippen LogP contribution is 2.55. The van der Waals surface area contributed by atoms with Gasteiger partial charge in [0.05, 0.1) is 0 Å². The fraction of sp³-hybridized carbons (Fsp3) is 0.0638. The minimum Gasteiger partial charge on any atom is -0.135 e. The van der Waals surface area contributed by atoms with E-state index < -0.39 is 0 Å². The van der Waals surface area contributed by atoms with Gasteiger partial charge in [0.25, 0.3) is 0 Å². The van der Waals surface area contributed by atoms with E-state index >= 15 is 0 Å². The first-order valence-corrected chi connectivity index (χ1v) is 17.6. The van der Waals surface area contributed by atoms with E-state index in [2.05, 4.69) is 172 Å². The second-order valence-corrected chi connectivity index (χ2v) is 14.7. The van der Waals surface area contributed by atoms with Crippen molar-refractivity contribution in [1.82, 2.24) is 0 Å². The first kappa shape index (κ1) is 27.6. The lowest BCUT2D eigenvalue weighted by Crippen LogP contribution is -2.15. The molecule has 9 aromatic rings. The lowest BCUT2D eigenvalue weighted by molar-refractivity contribution is 0.661. The van der Waals surface area contributed by atoms with E-state index in [-0.39, 0.29) is 5.41 Å². The fourth-order valence-corrected chi connectivity index (χ4v) is 9.63. The van der Waals surface area contributed by atoms with E-state index in [0.29, 0.717) is 0 Å². The van der Waals surface area contributed by atoms with Gasteiger partial charge < -0.3 is 0 Å². The number of thiophene rings is 1. The van der Waals surface area contributed by atoms with E-state index in [4.69, 9.17) is 0 Å². The summed E-state index contributed by atoms with van der Waals surface area (Å²) in [5.41, 5.74) is 13.1. The van der Waals surface area contributed by atoms with Crippen molar-refractivity contribution in [1.29, 1.82) is 0 Å².